The summed E-state index contributed by atoms with van der Waals surface area (Å²) in [7, 11) is 3.15. The summed E-state index contributed by atoms with van der Waals surface area (Å²) < 4.78 is 12.7. The van der Waals surface area contributed by atoms with Gasteiger partial charge in [0, 0.05) is 30.3 Å². The van der Waals surface area contributed by atoms with Gasteiger partial charge in [0.25, 0.3) is 5.56 Å². The SMILES string of the molecule is COc1ccc(-c2cc(=O)[nH]c(=S)n2C[C@@H](C)N)c(OC)c1. The molecule has 0 spiro atoms. The first-order chi connectivity index (χ1) is 10.5. The summed E-state index contributed by atoms with van der Waals surface area (Å²) in [5.74, 6) is 1.26. The highest BCUT2D eigenvalue weighted by molar-refractivity contribution is 7.71. The van der Waals surface area contributed by atoms with Crippen molar-refractivity contribution < 1.29 is 9.47 Å². The van der Waals surface area contributed by atoms with Crippen LogP contribution in [0.3, 0.4) is 0 Å². The lowest BCUT2D eigenvalue weighted by Crippen LogP contribution is -2.25. The van der Waals surface area contributed by atoms with E-state index in [1.807, 2.05) is 13.0 Å². The maximum absolute atomic E-state index is 11.8. The van der Waals surface area contributed by atoms with Gasteiger partial charge in [0.15, 0.2) is 4.77 Å². The minimum atomic E-state index is -0.265. The molecule has 0 amide bonds. The number of hydrogen-bond donors (Lipinski definition) is 2. The number of aromatic amines is 1. The van der Waals surface area contributed by atoms with Crippen LogP contribution in [0.15, 0.2) is 29.1 Å². The molecule has 7 heteroatoms. The monoisotopic (exact) mass is 321 g/mol. The Morgan fingerprint density at radius 2 is 2.05 bits per heavy atom. The van der Waals surface area contributed by atoms with Crippen molar-refractivity contribution in [1.82, 2.24) is 9.55 Å². The van der Waals surface area contributed by atoms with Crippen molar-refractivity contribution in [3.63, 3.8) is 0 Å². The Hall–Kier alpha value is -2.12. The molecular formula is C15H19N3O3S. The van der Waals surface area contributed by atoms with Gasteiger partial charge in [0.2, 0.25) is 0 Å². The number of nitrogens with two attached hydrogens (primary N) is 1. The summed E-state index contributed by atoms with van der Waals surface area (Å²) in [6.07, 6.45) is 0. The van der Waals surface area contributed by atoms with Crippen molar-refractivity contribution in [2.75, 3.05) is 14.2 Å². The van der Waals surface area contributed by atoms with Crippen LogP contribution in [0.5, 0.6) is 11.5 Å². The molecule has 0 unspecified atom stereocenters. The number of nitrogens with one attached hydrogen (secondary N) is 1. The molecular weight excluding hydrogens is 302 g/mol. The van der Waals surface area contributed by atoms with E-state index in [1.54, 1.807) is 30.9 Å². The van der Waals surface area contributed by atoms with Crippen molar-refractivity contribution >= 4 is 12.2 Å². The zero-order chi connectivity index (χ0) is 16.3. The molecule has 0 aliphatic rings. The van der Waals surface area contributed by atoms with Crippen molar-refractivity contribution in [3.8, 4) is 22.8 Å². The smallest absolute Gasteiger partial charge is 0.252 e. The van der Waals surface area contributed by atoms with Gasteiger partial charge in [-0.2, -0.15) is 0 Å². The van der Waals surface area contributed by atoms with Crippen LogP contribution in [0.2, 0.25) is 0 Å². The van der Waals surface area contributed by atoms with Crippen LogP contribution in [0.25, 0.3) is 11.3 Å². The zero-order valence-corrected chi connectivity index (χ0v) is 13.6. The molecule has 2 aromatic rings. The summed E-state index contributed by atoms with van der Waals surface area (Å²) >= 11 is 5.26. The second-order valence-electron chi connectivity index (χ2n) is 4.98. The van der Waals surface area contributed by atoms with E-state index < -0.39 is 0 Å². The molecule has 2 rings (SSSR count). The maximum Gasteiger partial charge on any atom is 0.252 e. The number of nitrogens with zero attached hydrogens (tertiary/aromatic N) is 1. The van der Waals surface area contributed by atoms with Crippen molar-refractivity contribution in [3.05, 3.63) is 39.4 Å². The van der Waals surface area contributed by atoms with E-state index in [2.05, 4.69) is 4.98 Å². The second-order valence-corrected chi connectivity index (χ2v) is 5.36. The fourth-order valence-electron chi connectivity index (χ4n) is 2.22. The van der Waals surface area contributed by atoms with Crippen LogP contribution in [-0.4, -0.2) is 29.8 Å². The summed E-state index contributed by atoms with van der Waals surface area (Å²) in [6, 6.07) is 6.77. The molecule has 22 heavy (non-hydrogen) atoms. The first-order valence-electron chi connectivity index (χ1n) is 6.78. The molecule has 0 aliphatic heterocycles. The molecule has 1 atom stereocenters. The number of hydrogen-bond acceptors (Lipinski definition) is 5. The van der Waals surface area contributed by atoms with E-state index in [4.69, 9.17) is 27.4 Å². The van der Waals surface area contributed by atoms with E-state index in [9.17, 15) is 4.79 Å². The van der Waals surface area contributed by atoms with Crippen molar-refractivity contribution in [2.45, 2.75) is 19.5 Å². The van der Waals surface area contributed by atoms with E-state index in [1.165, 1.54) is 6.07 Å². The van der Waals surface area contributed by atoms with Crippen LogP contribution in [0.4, 0.5) is 0 Å². The number of aromatic nitrogens is 2. The van der Waals surface area contributed by atoms with Crippen LogP contribution in [-0.2, 0) is 6.54 Å². The number of methoxy groups -OCH3 is 2. The van der Waals surface area contributed by atoms with Gasteiger partial charge in [-0.3, -0.25) is 9.78 Å². The fraction of sp³-hybridized carbons (Fsp3) is 0.333. The number of benzene rings is 1. The molecule has 0 radical (unpaired) electrons. The highest BCUT2D eigenvalue weighted by Gasteiger charge is 2.13. The molecule has 0 saturated heterocycles. The first kappa shape index (κ1) is 16.3. The zero-order valence-electron chi connectivity index (χ0n) is 12.8. The highest BCUT2D eigenvalue weighted by Crippen LogP contribution is 2.32. The van der Waals surface area contributed by atoms with Gasteiger partial charge in [0.1, 0.15) is 11.5 Å². The van der Waals surface area contributed by atoms with E-state index in [-0.39, 0.29) is 11.6 Å². The van der Waals surface area contributed by atoms with Gasteiger partial charge in [-0.1, -0.05) is 0 Å². The first-order valence-corrected chi connectivity index (χ1v) is 7.19. The predicted octanol–water partition coefficient (Wildman–Crippen LogP) is 1.94. The molecule has 0 bridgehead atoms. The molecule has 3 N–H and O–H groups in total. The maximum atomic E-state index is 11.8. The topological polar surface area (TPSA) is 82.3 Å². The van der Waals surface area contributed by atoms with Gasteiger partial charge in [-0.25, -0.2) is 0 Å². The van der Waals surface area contributed by atoms with Crippen LogP contribution < -0.4 is 20.8 Å². The Morgan fingerprint density at radius 1 is 1.32 bits per heavy atom. The van der Waals surface area contributed by atoms with Gasteiger partial charge in [-0.15, -0.1) is 0 Å². The molecule has 1 aromatic heterocycles. The Bertz CT molecular complexity index is 780. The van der Waals surface area contributed by atoms with Gasteiger partial charge >= 0.3 is 0 Å². The fourth-order valence-corrected chi connectivity index (χ4v) is 2.50. The van der Waals surface area contributed by atoms with E-state index in [0.29, 0.717) is 28.5 Å². The summed E-state index contributed by atoms with van der Waals surface area (Å²) in [4.78, 5) is 14.4. The van der Waals surface area contributed by atoms with Crippen LogP contribution >= 0.6 is 12.2 Å². The molecule has 1 aromatic carbocycles. The average molecular weight is 321 g/mol. The lowest BCUT2D eigenvalue weighted by molar-refractivity contribution is 0.395. The second kappa shape index (κ2) is 6.76. The Kier molecular flexibility index (Phi) is 4.99. The van der Waals surface area contributed by atoms with E-state index >= 15 is 0 Å². The molecule has 0 fully saturated rings. The highest BCUT2D eigenvalue weighted by atomic mass is 32.1. The number of ether oxygens (including phenoxy) is 2. The standard InChI is InChI=1S/C15H19N3O3S/c1-9(16)8-18-12(7-14(19)17-15(18)22)11-5-4-10(20-2)6-13(11)21-3/h4-7,9H,8,16H2,1-3H3,(H,17,19,22)/t9-/m1/s1. The molecule has 0 saturated carbocycles. The Balaban J connectivity index is 2.71. The number of rotatable bonds is 5. The Morgan fingerprint density at radius 3 is 2.64 bits per heavy atom. The molecule has 118 valence electrons. The molecule has 0 aliphatic carbocycles. The molecule has 1 heterocycles. The van der Waals surface area contributed by atoms with Crippen LogP contribution in [0, 0.1) is 4.77 Å². The van der Waals surface area contributed by atoms with E-state index in [0.717, 1.165) is 5.56 Å². The van der Waals surface area contributed by atoms with Crippen molar-refractivity contribution in [1.29, 1.82) is 0 Å². The third-order valence-electron chi connectivity index (χ3n) is 3.19. The minimum absolute atomic E-state index is 0.111. The largest absolute Gasteiger partial charge is 0.497 e. The summed E-state index contributed by atoms with van der Waals surface area (Å²) in [5.41, 5.74) is 7.03. The van der Waals surface area contributed by atoms with Gasteiger partial charge < -0.3 is 19.8 Å². The minimum Gasteiger partial charge on any atom is -0.497 e. The van der Waals surface area contributed by atoms with Gasteiger partial charge in [0.05, 0.1) is 19.9 Å². The summed E-state index contributed by atoms with van der Waals surface area (Å²) in [5, 5.41) is 0. The normalized spacial score (nSPS) is 12.0. The lowest BCUT2D eigenvalue weighted by atomic mass is 10.1. The van der Waals surface area contributed by atoms with Crippen LogP contribution in [0.1, 0.15) is 6.92 Å². The molecule has 6 nitrogen and oxygen atoms in total. The van der Waals surface area contributed by atoms with Crippen molar-refractivity contribution in [2.24, 2.45) is 5.73 Å². The average Bonchev–Trinajstić information content (AvgIpc) is 2.48. The Labute approximate surface area is 133 Å². The summed E-state index contributed by atoms with van der Waals surface area (Å²) in [6.45, 7) is 2.36. The predicted molar refractivity (Wildman–Crippen MR) is 88.1 cm³/mol. The number of H-pyrrole nitrogens is 1. The quantitative estimate of drug-likeness (QED) is 0.822. The third-order valence-corrected chi connectivity index (χ3v) is 3.51. The van der Waals surface area contributed by atoms with Gasteiger partial charge in [-0.05, 0) is 31.3 Å². The lowest BCUT2D eigenvalue weighted by Gasteiger charge is -2.17. The third kappa shape index (κ3) is 3.37.